The van der Waals surface area contributed by atoms with E-state index in [2.05, 4.69) is 53.8 Å². The maximum absolute atomic E-state index is 10.4. The third-order valence-corrected chi connectivity index (χ3v) is 8.68. The SMILES string of the molecule is OC(CNC1CCc2ccccc21)COc1ccc(C23CC4CC(CC(C4)C2)C3)cc1. The molecule has 3 heteroatoms. The fourth-order valence-corrected chi connectivity index (χ4v) is 7.67. The number of ether oxygens (including phenoxy) is 1. The summed E-state index contributed by atoms with van der Waals surface area (Å²) in [4.78, 5) is 0. The Bertz CT molecular complexity index is 886. The zero-order valence-corrected chi connectivity index (χ0v) is 18.4. The Hall–Kier alpha value is -1.84. The van der Waals surface area contributed by atoms with Gasteiger partial charge in [0.25, 0.3) is 0 Å². The van der Waals surface area contributed by atoms with E-state index in [1.54, 1.807) is 0 Å². The summed E-state index contributed by atoms with van der Waals surface area (Å²) in [5.74, 6) is 3.78. The minimum Gasteiger partial charge on any atom is -0.491 e. The number of aliphatic hydroxyl groups excluding tert-OH is 1. The maximum Gasteiger partial charge on any atom is 0.119 e. The molecular weight excluding hydrogens is 382 g/mol. The van der Waals surface area contributed by atoms with E-state index < -0.39 is 6.10 Å². The molecular formula is C28H35NO2. The van der Waals surface area contributed by atoms with Gasteiger partial charge in [-0.3, -0.25) is 0 Å². The monoisotopic (exact) mass is 417 g/mol. The predicted octanol–water partition coefficient (Wildman–Crippen LogP) is 5.17. The average molecular weight is 418 g/mol. The lowest BCUT2D eigenvalue weighted by Crippen LogP contribution is -2.48. The summed E-state index contributed by atoms with van der Waals surface area (Å²) in [7, 11) is 0. The van der Waals surface area contributed by atoms with Crippen molar-refractivity contribution in [2.75, 3.05) is 13.2 Å². The molecule has 0 amide bonds. The largest absolute Gasteiger partial charge is 0.491 e. The number of hydrogen-bond acceptors (Lipinski definition) is 3. The standard InChI is InChI=1S/C28H35NO2/c30-24(17-29-27-10-5-22-3-1-2-4-26(22)27)18-31-25-8-6-23(7-9-25)28-14-19-11-20(15-28)13-21(12-19)16-28/h1-4,6-9,19-21,24,27,29-30H,5,10-18H2. The Morgan fingerprint density at radius 3 is 2.32 bits per heavy atom. The van der Waals surface area contributed by atoms with E-state index in [1.165, 1.54) is 55.2 Å². The minimum absolute atomic E-state index is 0.331. The Kier molecular flexibility index (Phi) is 5.07. The lowest BCUT2D eigenvalue weighted by molar-refractivity contribution is -0.00521. The molecule has 2 aromatic carbocycles. The van der Waals surface area contributed by atoms with Gasteiger partial charge in [-0.2, -0.15) is 0 Å². The molecule has 2 aromatic rings. The summed E-state index contributed by atoms with van der Waals surface area (Å²) in [6.07, 6.45) is 10.4. The first-order valence-electron chi connectivity index (χ1n) is 12.4. The molecule has 4 fully saturated rings. The van der Waals surface area contributed by atoms with Crippen molar-refractivity contribution in [2.24, 2.45) is 17.8 Å². The Balaban J connectivity index is 1.02. The zero-order chi connectivity index (χ0) is 20.8. The highest BCUT2D eigenvalue weighted by Gasteiger charge is 2.51. The van der Waals surface area contributed by atoms with Gasteiger partial charge in [0, 0.05) is 12.6 Å². The highest BCUT2D eigenvalue weighted by Crippen LogP contribution is 2.60. The van der Waals surface area contributed by atoms with Crippen LogP contribution >= 0.6 is 0 Å². The molecule has 4 saturated carbocycles. The third kappa shape index (κ3) is 3.81. The molecule has 0 radical (unpaired) electrons. The van der Waals surface area contributed by atoms with Crippen LogP contribution in [-0.4, -0.2) is 24.4 Å². The second kappa shape index (κ2) is 7.94. The predicted molar refractivity (Wildman–Crippen MR) is 123 cm³/mol. The third-order valence-electron chi connectivity index (χ3n) is 8.68. The van der Waals surface area contributed by atoms with Gasteiger partial charge in [0.15, 0.2) is 0 Å². The van der Waals surface area contributed by atoms with Crippen LogP contribution in [-0.2, 0) is 11.8 Å². The zero-order valence-electron chi connectivity index (χ0n) is 18.4. The molecule has 2 unspecified atom stereocenters. The number of rotatable bonds is 7. The van der Waals surface area contributed by atoms with E-state index in [4.69, 9.17) is 4.74 Å². The van der Waals surface area contributed by atoms with E-state index in [9.17, 15) is 5.11 Å². The van der Waals surface area contributed by atoms with Gasteiger partial charge >= 0.3 is 0 Å². The van der Waals surface area contributed by atoms with E-state index in [1.807, 2.05) is 0 Å². The highest BCUT2D eigenvalue weighted by atomic mass is 16.5. The summed E-state index contributed by atoms with van der Waals surface area (Å²) in [6.45, 7) is 0.891. The van der Waals surface area contributed by atoms with Crippen molar-refractivity contribution in [3.63, 3.8) is 0 Å². The van der Waals surface area contributed by atoms with Gasteiger partial charge in [-0.05, 0) is 103 Å². The van der Waals surface area contributed by atoms with Gasteiger partial charge in [-0.25, -0.2) is 0 Å². The number of benzene rings is 2. The second-order valence-corrected chi connectivity index (χ2v) is 10.9. The summed E-state index contributed by atoms with van der Waals surface area (Å²) < 4.78 is 5.94. The van der Waals surface area contributed by atoms with Crippen LogP contribution in [0.3, 0.4) is 0 Å². The Labute approximate surface area is 186 Å². The first-order chi connectivity index (χ1) is 15.2. The average Bonchev–Trinajstić information content (AvgIpc) is 3.19. The van der Waals surface area contributed by atoms with Gasteiger partial charge in [0.05, 0.1) is 0 Å². The lowest BCUT2D eigenvalue weighted by Gasteiger charge is -2.57. The van der Waals surface area contributed by atoms with Crippen LogP contribution in [0.4, 0.5) is 0 Å². The van der Waals surface area contributed by atoms with Crippen molar-refractivity contribution in [1.29, 1.82) is 0 Å². The first kappa shape index (κ1) is 19.8. The van der Waals surface area contributed by atoms with Crippen molar-refractivity contribution in [2.45, 2.75) is 68.9 Å². The van der Waals surface area contributed by atoms with Crippen molar-refractivity contribution >= 4 is 0 Å². The van der Waals surface area contributed by atoms with Crippen LogP contribution in [0.2, 0.25) is 0 Å². The fourth-order valence-electron chi connectivity index (χ4n) is 7.67. The summed E-state index contributed by atoms with van der Waals surface area (Å²) in [5, 5.41) is 14.0. The molecule has 4 bridgehead atoms. The maximum atomic E-state index is 10.4. The summed E-state index contributed by atoms with van der Waals surface area (Å²) in [5.41, 5.74) is 4.79. The molecule has 5 aliphatic rings. The molecule has 0 aliphatic heterocycles. The van der Waals surface area contributed by atoms with Crippen molar-refractivity contribution in [1.82, 2.24) is 5.32 Å². The van der Waals surface area contributed by atoms with Gasteiger partial charge in [-0.15, -0.1) is 0 Å². The number of nitrogens with one attached hydrogen (secondary N) is 1. The Morgan fingerprint density at radius 2 is 1.61 bits per heavy atom. The van der Waals surface area contributed by atoms with Crippen LogP contribution in [0.15, 0.2) is 48.5 Å². The van der Waals surface area contributed by atoms with Crippen molar-refractivity contribution in [3.8, 4) is 5.75 Å². The smallest absolute Gasteiger partial charge is 0.119 e. The molecule has 31 heavy (non-hydrogen) atoms. The molecule has 0 spiro atoms. The number of aryl methyl sites for hydroxylation is 1. The summed E-state index contributed by atoms with van der Waals surface area (Å²) >= 11 is 0. The van der Waals surface area contributed by atoms with E-state index in [-0.39, 0.29) is 0 Å². The molecule has 3 nitrogen and oxygen atoms in total. The molecule has 5 aliphatic carbocycles. The normalized spacial score (nSPS) is 34.0. The molecule has 0 saturated heterocycles. The number of fused-ring (bicyclic) bond motifs is 1. The van der Waals surface area contributed by atoms with Crippen LogP contribution in [0.1, 0.15) is 67.7 Å². The highest BCUT2D eigenvalue weighted by molar-refractivity contribution is 5.35. The van der Waals surface area contributed by atoms with Crippen LogP contribution in [0.5, 0.6) is 5.75 Å². The molecule has 0 heterocycles. The van der Waals surface area contributed by atoms with Crippen molar-refractivity contribution < 1.29 is 9.84 Å². The van der Waals surface area contributed by atoms with Gasteiger partial charge in [0.2, 0.25) is 0 Å². The Morgan fingerprint density at radius 1 is 0.935 bits per heavy atom. The second-order valence-electron chi connectivity index (χ2n) is 10.9. The number of hydrogen-bond donors (Lipinski definition) is 2. The van der Waals surface area contributed by atoms with E-state index >= 15 is 0 Å². The van der Waals surface area contributed by atoms with Crippen LogP contribution in [0, 0.1) is 17.8 Å². The first-order valence-corrected chi connectivity index (χ1v) is 12.4. The van der Waals surface area contributed by atoms with Crippen LogP contribution in [0.25, 0.3) is 0 Å². The number of aliphatic hydroxyl groups is 1. The van der Waals surface area contributed by atoms with Gasteiger partial charge in [0.1, 0.15) is 18.5 Å². The molecule has 0 aromatic heterocycles. The van der Waals surface area contributed by atoms with Crippen LogP contribution < -0.4 is 10.1 Å². The summed E-state index contributed by atoms with van der Waals surface area (Å²) in [6, 6.07) is 17.8. The van der Waals surface area contributed by atoms with Crippen molar-refractivity contribution in [3.05, 3.63) is 65.2 Å². The topological polar surface area (TPSA) is 41.5 Å². The van der Waals surface area contributed by atoms with E-state index in [0.29, 0.717) is 24.6 Å². The molecule has 7 rings (SSSR count). The lowest BCUT2D eigenvalue weighted by atomic mass is 9.48. The molecule has 164 valence electrons. The quantitative estimate of drug-likeness (QED) is 0.653. The van der Waals surface area contributed by atoms with Gasteiger partial charge in [-0.1, -0.05) is 36.4 Å². The van der Waals surface area contributed by atoms with Gasteiger partial charge < -0.3 is 15.2 Å². The fraction of sp³-hybridized carbons (Fsp3) is 0.571. The van der Waals surface area contributed by atoms with E-state index in [0.717, 1.165) is 36.3 Å². The molecule has 2 atom stereocenters. The minimum atomic E-state index is -0.504. The molecule has 2 N–H and O–H groups in total.